The standard InChI is InChI=1S/C5H9N3O/c1-3-2-4(6)5(9)8-7-3/h4H,2,6H2,1H3,(H,8,9). The topological polar surface area (TPSA) is 67.5 Å². The molecule has 1 aliphatic heterocycles. The van der Waals surface area contributed by atoms with Gasteiger partial charge in [-0.25, -0.2) is 5.43 Å². The summed E-state index contributed by atoms with van der Waals surface area (Å²) in [7, 11) is 0. The van der Waals surface area contributed by atoms with Crippen LogP contribution in [0.5, 0.6) is 0 Å². The number of carbonyl (C=O) groups excluding carboxylic acids is 1. The first-order valence-corrected chi connectivity index (χ1v) is 2.79. The molecule has 1 amide bonds. The van der Waals surface area contributed by atoms with Gasteiger partial charge in [0.05, 0.1) is 6.04 Å². The number of hydrazone groups is 1. The molecule has 0 aromatic heterocycles. The van der Waals surface area contributed by atoms with E-state index < -0.39 is 6.04 Å². The third-order valence-electron chi connectivity index (χ3n) is 1.21. The van der Waals surface area contributed by atoms with Gasteiger partial charge in [0.1, 0.15) is 0 Å². The van der Waals surface area contributed by atoms with Gasteiger partial charge in [-0.05, 0) is 6.92 Å². The van der Waals surface area contributed by atoms with Gasteiger partial charge < -0.3 is 5.73 Å². The lowest BCUT2D eigenvalue weighted by molar-refractivity contribution is -0.122. The van der Waals surface area contributed by atoms with Gasteiger partial charge >= 0.3 is 0 Å². The molecule has 50 valence electrons. The van der Waals surface area contributed by atoms with E-state index in [2.05, 4.69) is 10.5 Å². The van der Waals surface area contributed by atoms with Crippen molar-refractivity contribution in [3.8, 4) is 0 Å². The molecular weight excluding hydrogens is 118 g/mol. The van der Waals surface area contributed by atoms with Crippen molar-refractivity contribution in [3.63, 3.8) is 0 Å². The van der Waals surface area contributed by atoms with Gasteiger partial charge in [0.25, 0.3) is 5.91 Å². The molecule has 1 atom stereocenters. The summed E-state index contributed by atoms with van der Waals surface area (Å²) in [5, 5.41) is 3.70. The van der Waals surface area contributed by atoms with Crippen molar-refractivity contribution >= 4 is 11.6 Å². The van der Waals surface area contributed by atoms with Crippen LogP contribution in [-0.4, -0.2) is 17.7 Å². The van der Waals surface area contributed by atoms with Crippen LogP contribution in [0.3, 0.4) is 0 Å². The first-order valence-electron chi connectivity index (χ1n) is 2.79. The maximum atomic E-state index is 10.6. The molecule has 0 saturated heterocycles. The number of nitrogens with two attached hydrogens (primary N) is 1. The molecule has 4 heteroatoms. The molecule has 0 aromatic rings. The molecule has 4 nitrogen and oxygen atoms in total. The maximum Gasteiger partial charge on any atom is 0.257 e. The monoisotopic (exact) mass is 127 g/mol. The highest BCUT2D eigenvalue weighted by Crippen LogP contribution is 1.96. The van der Waals surface area contributed by atoms with Gasteiger partial charge in [-0.3, -0.25) is 4.79 Å². The SMILES string of the molecule is CC1=NNC(=O)C(N)C1. The van der Waals surface area contributed by atoms with Crippen LogP contribution in [0.2, 0.25) is 0 Å². The molecule has 0 radical (unpaired) electrons. The molecule has 1 aliphatic rings. The normalized spacial score (nSPS) is 27.1. The van der Waals surface area contributed by atoms with Crippen molar-refractivity contribution in [3.05, 3.63) is 0 Å². The fourth-order valence-electron chi connectivity index (χ4n) is 0.690. The third kappa shape index (κ3) is 1.26. The third-order valence-corrected chi connectivity index (χ3v) is 1.21. The van der Waals surface area contributed by atoms with Crippen LogP contribution in [-0.2, 0) is 4.79 Å². The summed E-state index contributed by atoms with van der Waals surface area (Å²) in [5.41, 5.74) is 8.56. The second-order valence-corrected chi connectivity index (χ2v) is 2.13. The Kier molecular flexibility index (Phi) is 1.48. The Morgan fingerprint density at radius 3 is 3.00 bits per heavy atom. The van der Waals surface area contributed by atoms with E-state index in [1.807, 2.05) is 6.92 Å². The van der Waals surface area contributed by atoms with E-state index in [4.69, 9.17) is 5.73 Å². The molecule has 0 saturated carbocycles. The van der Waals surface area contributed by atoms with Crippen molar-refractivity contribution in [2.45, 2.75) is 19.4 Å². The fourth-order valence-corrected chi connectivity index (χ4v) is 0.690. The van der Waals surface area contributed by atoms with Crippen molar-refractivity contribution in [1.82, 2.24) is 5.43 Å². The van der Waals surface area contributed by atoms with Crippen LogP contribution in [0.25, 0.3) is 0 Å². The Labute approximate surface area is 53.1 Å². The lowest BCUT2D eigenvalue weighted by Crippen LogP contribution is -2.43. The zero-order valence-electron chi connectivity index (χ0n) is 5.22. The van der Waals surface area contributed by atoms with Crippen molar-refractivity contribution in [2.24, 2.45) is 10.8 Å². The summed E-state index contributed by atoms with van der Waals surface area (Å²) in [4.78, 5) is 10.6. The zero-order chi connectivity index (χ0) is 6.85. The van der Waals surface area contributed by atoms with Crippen LogP contribution in [0.15, 0.2) is 5.10 Å². The second-order valence-electron chi connectivity index (χ2n) is 2.13. The average Bonchev–Trinajstić information content (AvgIpc) is 1.80. The van der Waals surface area contributed by atoms with Gasteiger partial charge in [-0.2, -0.15) is 5.10 Å². The molecule has 1 unspecified atom stereocenters. The summed E-state index contributed by atoms with van der Waals surface area (Å²) in [6.07, 6.45) is 0.575. The molecule has 0 aliphatic carbocycles. The minimum Gasteiger partial charge on any atom is -0.320 e. The quantitative estimate of drug-likeness (QED) is 0.447. The van der Waals surface area contributed by atoms with Crippen molar-refractivity contribution in [2.75, 3.05) is 0 Å². The summed E-state index contributed by atoms with van der Waals surface area (Å²) in [6.45, 7) is 1.83. The lowest BCUT2D eigenvalue weighted by Gasteiger charge is -2.14. The molecule has 9 heavy (non-hydrogen) atoms. The molecule has 1 heterocycles. The number of carbonyl (C=O) groups is 1. The largest absolute Gasteiger partial charge is 0.320 e. The van der Waals surface area contributed by atoms with Crippen molar-refractivity contribution in [1.29, 1.82) is 0 Å². The highest BCUT2D eigenvalue weighted by molar-refractivity contribution is 5.94. The Balaban J connectivity index is 2.65. The van der Waals surface area contributed by atoms with E-state index in [0.717, 1.165) is 5.71 Å². The van der Waals surface area contributed by atoms with E-state index in [1.54, 1.807) is 0 Å². The van der Waals surface area contributed by atoms with Gasteiger partial charge in [0.15, 0.2) is 0 Å². The smallest absolute Gasteiger partial charge is 0.257 e. The second kappa shape index (κ2) is 2.14. The predicted molar refractivity (Wildman–Crippen MR) is 33.8 cm³/mol. The number of rotatable bonds is 0. The van der Waals surface area contributed by atoms with Gasteiger partial charge in [0.2, 0.25) is 0 Å². The van der Waals surface area contributed by atoms with Gasteiger partial charge in [-0.15, -0.1) is 0 Å². The van der Waals surface area contributed by atoms with Crippen molar-refractivity contribution < 1.29 is 4.79 Å². The molecule has 1 rings (SSSR count). The number of nitrogens with zero attached hydrogens (tertiary/aromatic N) is 1. The average molecular weight is 127 g/mol. The first-order chi connectivity index (χ1) is 4.20. The lowest BCUT2D eigenvalue weighted by atomic mass is 10.1. The van der Waals surface area contributed by atoms with Crippen LogP contribution >= 0.6 is 0 Å². The number of nitrogens with one attached hydrogen (secondary N) is 1. The Bertz CT molecular complexity index is 164. The summed E-state index contributed by atoms with van der Waals surface area (Å²) < 4.78 is 0. The fraction of sp³-hybridized carbons (Fsp3) is 0.600. The highest BCUT2D eigenvalue weighted by atomic mass is 16.2. The van der Waals surface area contributed by atoms with E-state index >= 15 is 0 Å². The van der Waals surface area contributed by atoms with Crippen LogP contribution < -0.4 is 11.2 Å². The van der Waals surface area contributed by atoms with Gasteiger partial charge in [-0.1, -0.05) is 0 Å². The number of amides is 1. The Hall–Kier alpha value is -0.900. The molecule has 0 spiro atoms. The molecule has 0 bridgehead atoms. The molecular formula is C5H9N3O. The zero-order valence-corrected chi connectivity index (χ0v) is 5.22. The van der Waals surface area contributed by atoms with Crippen LogP contribution in [0.4, 0.5) is 0 Å². The minimum atomic E-state index is -0.400. The van der Waals surface area contributed by atoms with E-state index in [0.29, 0.717) is 6.42 Å². The Morgan fingerprint density at radius 2 is 2.56 bits per heavy atom. The van der Waals surface area contributed by atoms with Gasteiger partial charge in [0, 0.05) is 12.1 Å². The highest BCUT2D eigenvalue weighted by Gasteiger charge is 2.17. The number of hydrogen-bond donors (Lipinski definition) is 2. The minimum absolute atomic E-state index is 0.194. The predicted octanol–water partition coefficient (Wildman–Crippen LogP) is -0.790. The molecule has 0 aromatic carbocycles. The Morgan fingerprint density at radius 1 is 1.89 bits per heavy atom. The van der Waals surface area contributed by atoms with E-state index in [1.165, 1.54) is 0 Å². The number of hydrogen-bond acceptors (Lipinski definition) is 3. The molecule has 0 fully saturated rings. The van der Waals surface area contributed by atoms with E-state index in [9.17, 15) is 4.79 Å². The summed E-state index contributed by atoms with van der Waals surface area (Å²) in [6, 6.07) is -0.400. The van der Waals surface area contributed by atoms with Crippen LogP contribution in [0, 0.1) is 0 Å². The van der Waals surface area contributed by atoms with Crippen LogP contribution in [0.1, 0.15) is 13.3 Å². The van der Waals surface area contributed by atoms with E-state index in [-0.39, 0.29) is 5.91 Å². The summed E-state index contributed by atoms with van der Waals surface area (Å²) >= 11 is 0. The molecule has 3 N–H and O–H groups in total. The summed E-state index contributed by atoms with van der Waals surface area (Å²) in [5.74, 6) is -0.194. The maximum absolute atomic E-state index is 10.6. The first kappa shape index (κ1) is 6.22.